The third-order valence-electron chi connectivity index (χ3n) is 17.2. The summed E-state index contributed by atoms with van der Waals surface area (Å²) in [5.41, 5.74) is 23.9. The molecule has 3 heterocycles. The summed E-state index contributed by atoms with van der Waals surface area (Å²) in [6, 6.07) is 43.1. The lowest BCUT2D eigenvalue weighted by atomic mass is 9.43. The van der Waals surface area contributed by atoms with Crippen molar-refractivity contribution in [3.63, 3.8) is 0 Å². The zero-order valence-electron chi connectivity index (χ0n) is 43.8. The number of anilines is 4. The molecule has 1 aromatic heterocycles. The maximum absolute atomic E-state index is 7.61. The van der Waals surface area contributed by atoms with Crippen molar-refractivity contribution >= 4 is 51.7 Å². The van der Waals surface area contributed by atoms with Crippen molar-refractivity contribution < 1.29 is 4.42 Å². The number of fused-ring (bicyclic) bond motifs is 8. The Morgan fingerprint density at radius 3 is 1.74 bits per heavy atom. The van der Waals surface area contributed by atoms with Gasteiger partial charge in [0.2, 0.25) is 0 Å². The molecule has 0 atom stereocenters. The minimum Gasteiger partial charge on any atom is -0.441 e. The lowest BCUT2D eigenvalue weighted by molar-refractivity contribution is 0.332. The highest BCUT2D eigenvalue weighted by atomic mass is 16.4. The Kier molecular flexibility index (Phi) is 9.77. The van der Waals surface area contributed by atoms with Gasteiger partial charge in [-0.1, -0.05) is 164 Å². The van der Waals surface area contributed by atoms with E-state index in [2.05, 4.69) is 223 Å². The maximum Gasteiger partial charge on any atom is 0.337 e. The Morgan fingerprint density at radius 2 is 1.10 bits per heavy atom. The molecule has 68 heavy (non-hydrogen) atoms. The molecule has 11 rings (SSSR count). The van der Waals surface area contributed by atoms with Crippen LogP contribution in [0.1, 0.15) is 167 Å². The summed E-state index contributed by atoms with van der Waals surface area (Å²) in [4.78, 5) is 5.30. The normalized spacial score (nSPS) is 18.4. The van der Waals surface area contributed by atoms with Crippen molar-refractivity contribution in [1.82, 2.24) is 0 Å². The van der Waals surface area contributed by atoms with E-state index >= 15 is 0 Å². The van der Waals surface area contributed by atoms with Crippen molar-refractivity contribution in [2.45, 2.75) is 169 Å². The van der Waals surface area contributed by atoms with Gasteiger partial charge in [-0.25, -0.2) is 0 Å². The van der Waals surface area contributed by atoms with E-state index in [1.165, 1.54) is 113 Å². The van der Waals surface area contributed by atoms with Crippen molar-refractivity contribution in [2.75, 3.05) is 9.71 Å². The second-order valence-corrected chi connectivity index (χ2v) is 26.1. The highest BCUT2D eigenvalue weighted by Crippen LogP contribution is 2.53. The van der Waals surface area contributed by atoms with Gasteiger partial charge >= 0.3 is 6.85 Å². The van der Waals surface area contributed by atoms with Gasteiger partial charge in [0.25, 0.3) is 0 Å². The largest absolute Gasteiger partial charge is 0.441 e. The molecular weight excluding hydrogens is 824 g/mol. The molecule has 348 valence electrons. The van der Waals surface area contributed by atoms with Crippen LogP contribution in [0.2, 0.25) is 0 Å². The van der Waals surface area contributed by atoms with Crippen LogP contribution in [-0.2, 0) is 39.0 Å². The zero-order chi connectivity index (χ0) is 48.2. The Balaban J connectivity index is 1.24. The van der Waals surface area contributed by atoms with Crippen molar-refractivity contribution in [2.24, 2.45) is 0 Å². The Hall–Kier alpha value is -5.48. The Bertz CT molecular complexity index is 3200. The van der Waals surface area contributed by atoms with Crippen LogP contribution in [0.3, 0.4) is 0 Å². The van der Waals surface area contributed by atoms with E-state index in [1.807, 2.05) is 0 Å². The minimum absolute atomic E-state index is 0.00695. The number of nitrogens with zero attached hydrogens (tertiary/aromatic N) is 2. The molecular formula is C64H73BN2O. The van der Waals surface area contributed by atoms with E-state index in [-0.39, 0.29) is 39.3 Å². The van der Waals surface area contributed by atoms with Crippen molar-refractivity contribution in [1.29, 1.82) is 0 Å². The second kappa shape index (κ2) is 14.8. The molecule has 0 unspecified atom stereocenters. The number of furan rings is 1. The van der Waals surface area contributed by atoms with Gasteiger partial charge in [0.15, 0.2) is 5.88 Å². The predicted molar refractivity (Wildman–Crippen MR) is 292 cm³/mol. The third kappa shape index (κ3) is 6.96. The van der Waals surface area contributed by atoms with Crippen LogP contribution in [0.25, 0.3) is 33.2 Å². The van der Waals surface area contributed by atoms with Crippen LogP contribution in [-0.4, -0.2) is 6.85 Å². The van der Waals surface area contributed by atoms with E-state index in [0.717, 1.165) is 24.3 Å². The first kappa shape index (κ1) is 45.0. The third-order valence-corrected chi connectivity index (χ3v) is 17.2. The summed E-state index contributed by atoms with van der Waals surface area (Å²) in [5, 5.41) is 1.24. The van der Waals surface area contributed by atoms with Gasteiger partial charge in [-0.05, 0) is 174 Å². The molecule has 0 bridgehead atoms. The molecule has 2 aliphatic heterocycles. The first-order valence-corrected chi connectivity index (χ1v) is 25.7. The molecule has 6 aromatic carbocycles. The van der Waals surface area contributed by atoms with Crippen LogP contribution in [0.5, 0.6) is 0 Å². The van der Waals surface area contributed by atoms with Gasteiger partial charge in [-0.3, -0.25) is 0 Å². The van der Waals surface area contributed by atoms with E-state index in [9.17, 15) is 0 Å². The monoisotopic (exact) mass is 897 g/mol. The fraction of sp³-hybridized carbons (Fsp3) is 0.406. The quantitative estimate of drug-likeness (QED) is 0.164. The molecule has 0 fully saturated rings. The van der Waals surface area contributed by atoms with Crippen molar-refractivity contribution in [3.05, 3.63) is 154 Å². The Morgan fingerprint density at radius 1 is 0.529 bits per heavy atom. The first-order chi connectivity index (χ1) is 31.8. The van der Waals surface area contributed by atoms with E-state index < -0.39 is 0 Å². The molecule has 0 N–H and O–H groups in total. The molecule has 4 aliphatic rings. The average Bonchev–Trinajstić information content (AvgIpc) is 3.66. The number of aryl methyl sites for hydroxylation is 1. The highest BCUT2D eigenvalue weighted by molar-refractivity contribution is 6.95. The molecule has 0 saturated carbocycles. The van der Waals surface area contributed by atoms with Crippen molar-refractivity contribution in [3.8, 4) is 22.3 Å². The molecule has 0 saturated heterocycles. The van der Waals surface area contributed by atoms with Gasteiger partial charge in [0.1, 0.15) is 5.58 Å². The smallest absolute Gasteiger partial charge is 0.337 e. The van der Waals surface area contributed by atoms with Gasteiger partial charge in [0, 0.05) is 33.5 Å². The summed E-state index contributed by atoms with van der Waals surface area (Å²) in [7, 11) is 0. The van der Waals surface area contributed by atoms with Crippen LogP contribution in [0, 0.1) is 6.92 Å². The van der Waals surface area contributed by atoms with Gasteiger partial charge in [-0.2, -0.15) is 0 Å². The SMILES string of the molecule is Cc1cc2c3c(c1)N(Cc1ccc(C(C)(C)C)cc1-c1ccccc1)c1oc4cc5c(cc4c1B3N(c1ccc3c(c1)C(C)(C)CCC3(C)C)c1ccc(C(C)(C)C)cc1-2)C(C)(C)CCC5(C)C. The molecule has 3 nitrogen and oxygen atoms in total. The summed E-state index contributed by atoms with van der Waals surface area (Å²) >= 11 is 0. The minimum atomic E-state index is -0.131. The maximum atomic E-state index is 7.61. The highest BCUT2D eigenvalue weighted by Gasteiger charge is 2.49. The van der Waals surface area contributed by atoms with E-state index in [1.54, 1.807) is 0 Å². The number of rotatable bonds is 4. The van der Waals surface area contributed by atoms with Gasteiger partial charge in [-0.15, -0.1) is 0 Å². The zero-order valence-corrected chi connectivity index (χ0v) is 43.8. The molecule has 2 aliphatic carbocycles. The number of benzene rings is 6. The standard InChI is InChI=1S/C64H73BN2O/c1-39-31-47-46-34-43(60(5,6)7)23-26-53(46)67(44-24-25-49-50(35-44)62(10,11)28-27-61(49,8)9)65-56(47)54(32-39)66(38-41-21-22-42(59(2,3)4)33-45(41)40-19-17-16-18-20-40)58-57(65)48-36-51-52(37-55(48)68-58)64(14,15)30-29-63(51,12)13/h16-26,31-37H,27-30,38H2,1-15H3. The van der Waals surface area contributed by atoms with Gasteiger partial charge < -0.3 is 14.1 Å². The topological polar surface area (TPSA) is 19.6 Å². The molecule has 0 radical (unpaired) electrons. The lowest BCUT2D eigenvalue weighted by Crippen LogP contribution is -2.61. The summed E-state index contributed by atoms with van der Waals surface area (Å²) in [5.74, 6) is 0.963. The first-order valence-electron chi connectivity index (χ1n) is 25.7. The van der Waals surface area contributed by atoms with Crippen LogP contribution < -0.4 is 20.6 Å². The molecule has 0 amide bonds. The average molecular weight is 897 g/mol. The fourth-order valence-electron chi connectivity index (χ4n) is 12.6. The summed E-state index contributed by atoms with van der Waals surface area (Å²) in [6.07, 6.45) is 4.67. The summed E-state index contributed by atoms with van der Waals surface area (Å²) < 4.78 is 7.61. The summed E-state index contributed by atoms with van der Waals surface area (Å²) in [6.45, 7) is 36.4. The molecule has 4 heteroatoms. The van der Waals surface area contributed by atoms with Crippen LogP contribution in [0.4, 0.5) is 22.9 Å². The van der Waals surface area contributed by atoms with Gasteiger partial charge in [0.05, 0.1) is 6.54 Å². The number of hydrogen-bond acceptors (Lipinski definition) is 3. The predicted octanol–water partition coefficient (Wildman–Crippen LogP) is 16.3. The van der Waals surface area contributed by atoms with E-state index in [0.29, 0.717) is 6.54 Å². The van der Waals surface area contributed by atoms with Crippen LogP contribution in [0.15, 0.2) is 114 Å². The fourth-order valence-corrected chi connectivity index (χ4v) is 12.6. The Labute approximate surface area is 408 Å². The lowest BCUT2D eigenvalue weighted by Gasteiger charge is -2.46. The van der Waals surface area contributed by atoms with Crippen LogP contribution >= 0.6 is 0 Å². The number of hydrogen-bond donors (Lipinski definition) is 0. The molecule has 0 spiro atoms. The molecule has 7 aromatic rings. The van der Waals surface area contributed by atoms with E-state index in [4.69, 9.17) is 4.42 Å². The second-order valence-electron chi connectivity index (χ2n) is 26.1.